The molecule has 0 spiro atoms. The maximum absolute atomic E-state index is 12.1. The fourth-order valence-electron chi connectivity index (χ4n) is 2.30. The lowest BCUT2D eigenvalue weighted by atomic mass is 10.1. The number of hydrogen-bond donors (Lipinski definition) is 0. The van der Waals surface area contributed by atoms with Crippen LogP contribution in [-0.4, -0.2) is 13.1 Å². The van der Waals surface area contributed by atoms with Crippen molar-refractivity contribution in [2.45, 2.75) is 6.92 Å². The summed E-state index contributed by atoms with van der Waals surface area (Å²) in [6, 6.07) is 13.5. The van der Waals surface area contributed by atoms with Crippen LogP contribution in [0.3, 0.4) is 0 Å². The number of carbonyl (C=O) groups is 1. The lowest BCUT2D eigenvalue weighted by molar-refractivity contribution is -0.130. The van der Waals surface area contributed by atoms with Crippen LogP contribution in [0.4, 0.5) is 0 Å². The summed E-state index contributed by atoms with van der Waals surface area (Å²) in [6.45, 7) is 2.02. The van der Waals surface area contributed by atoms with Crippen LogP contribution < -0.4 is 4.74 Å². The second kappa shape index (κ2) is 6.42. The third kappa shape index (κ3) is 3.37. The predicted octanol–water partition coefficient (Wildman–Crippen LogP) is 4.75. The molecule has 3 rings (SSSR count). The van der Waals surface area contributed by atoms with E-state index in [1.807, 2.05) is 49.4 Å². The quantitative estimate of drug-likeness (QED) is 0.577. The van der Waals surface area contributed by atoms with Crippen molar-refractivity contribution < 1.29 is 14.3 Å². The van der Waals surface area contributed by atoms with E-state index in [1.54, 1.807) is 19.3 Å². The van der Waals surface area contributed by atoms with Gasteiger partial charge < -0.3 is 9.47 Å². The minimum Gasteiger partial charge on any atom is -0.496 e. The second-order valence-corrected chi connectivity index (χ2v) is 6.11. The molecule has 23 heavy (non-hydrogen) atoms. The smallest absolute Gasteiger partial charge is 0.343 e. The van der Waals surface area contributed by atoms with E-state index in [1.165, 1.54) is 0 Å². The first-order valence-electron chi connectivity index (χ1n) is 7.13. The molecule has 0 atom stereocenters. The zero-order valence-electron chi connectivity index (χ0n) is 12.8. The van der Waals surface area contributed by atoms with Crippen LogP contribution in [0.2, 0.25) is 0 Å². The fraction of sp³-hybridized carbons (Fsp3) is 0.105. The Morgan fingerprint density at radius 2 is 1.87 bits per heavy atom. The Morgan fingerprint density at radius 3 is 2.52 bits per heavy atom. The Balaban J connectivity index is 1.91. The standard InChI is InChI=1S/C19H15BrO3/c1-12-3-6-14(7-4-12)18-11-15(19(21)23-18)9-13-5-8-17(22-2)16(20)10-13/h3-11H,1-2H3/b15-9+. The molecule has 1 aliphatic heterocycles. The highest BCUT2D eigenvalue weighted by Crippen LogP contribution is 2.30. The van der Waals surface area contributed by atoms with E-state index in [4.69, 9.17) is 9.47 Å². The summed E-state index contributed by atoms with van der Waals surface area (Å²) in [5.41, 5.74) is 3.48. The van der Waals surface area contributed by atoms with Gasteiger partial charge in [0.2, 0.25) is 0 Å². The van der Waals surface area contributed by atoms with Gasteiger partial charge >= 0.3 is 5.97 Å². The Bertz CT molecular complexity index is 817. The summed E-state index contributed by atoms with van der Waals surface area (Å²) < 4.78 is 11.4. The lowest BCUT2D eigenvalue weighted by Crippen LogP contribution is -1.97. The van der Waals surface area contributed by atoms with Crippen molar-refractivity contribution >= 4 is 33.7 Å². The van der Waals surface area contributed by atoms with E-state index < -0.39 is 0 Å². The minimum atomic E-state index is -0.340. The van der Waals surface area contributed by atoms with Crippen LogP contribution >= 0.6 is 15.9 Å². The van der Waals surface area contributed by atoms with Gasteiger partial charge in [0.1, 0.15) is 11.5 Å². The minimum absolute atomic E-state index is 0.340. The van der Waals surface area contributed by atoms with Crippen molar-refractivity contribution in [1.29, 1.82) is 0 Å². The summed E-state index contributed by atoms with van der Waals surface area (Å²) in [6.07, 6.45) is 3.57. The van der Waals surface area contributed by atoms with E-state index >= 15 is 0 Å². The number of hydrogen-bond acceptors (Lipinski definition) is 3. The molecule has 0 saturated heterocycles. The number of aryl methyl sites for hydroxylation is 1. The molecule has 3 nitrogen and oxygen atoms in total. The molecule has 0 unspecified atom stereocenters. The molecule has 1 heterocycles. The van der Waals surface area contributed by atoms with Gasteiger partial charge in [-0.2, -0.15) is 0 Å². The largest absolute Gasteiger partial charge is 0.496 e. The van der Waals surface area contributed by atoms with Gasteiger partial charge in [-0.25, -0.2) is 4.79 Å². The second-order valence-electron chi connectivity index (χ2n) is 5.26. The zero-order chi connectivity index (χ0) is 16.4. The zero-order valence-corrected chi connectivity index (χ0v) is 14.4. The first-order chi connectivity index (χ1) is 11.1. The highest BCUT2D eigenvalue weighted by atomic mass is 79.9. The lowest BCUT2D eigenvalue weighted by Gasteiger charge is -2.03. The van der Waals surface area contributed by atoms with Crippen molar-refractivity contribution in [2.24, 2.45) is 0 Å². The Morgan fingerprint density at radius 1 is 1.13 bits per heavy atom. The maximum atomic E-state index is 12.1. The topological polar surface area (TPSA) is 35.5 Å². The molecular formula is C19H15BrO3. The number of ether oxygens (including phenoxy) is 2. The maximum Gasteiger partial charge on any atom is 0.343 e. The number of esters is 1. The summed E-state index contributed by atoms with van der Waals surface area (Å²) >= 11 is 3.44. The molecule has 0 N–H and O–H groups in total. The van der Waals surface area contributed by atoms with Crippen molar-refractivity contribution in [3.63, 3.8) is 0 Å². The van der Waals surface area contributed by atoms with E-state index in [9.17, 15) is 4.79 Å². The molecule has 0 fully saturated rings. The molecule has 2 aromatic rings. The monoisotopic (exact) mass is 370 g/mol. The molecule has 0 aromatic heterocycles. The normalized spacial score (nSPS) is 15.5. The van der Waals surface area contributed by atoms with E-state index in [2.05, 4.69) is 15.9 Å². The van der Waals surface area contributed by atoms with Gasteiger partial charge in [-0.05, 0) is 52.7 Å². The number of halogens is 1. The highest BCUT2D eigenvalue weighted by Gasteiger charge is 2.21. The Labute approximate surface area is 143 Å². The molecule has 116 valence electrons. The van der Waals surface area contributed by atoms with Crippen molar-refractivity contribution in [1.82, 2.24) is 0 Å². The molecule has 2 aromatic carbocycles. The third-order valence-electron chi connectivity index (χ3n) is 3.56. The number of benzene rings is 2. The van der Waals surface area contributed by atoms with Gasteiger partial charge in [0.25, 0.3) is 0 Å². The van der Waals surface area contributed by atoms with Crippen LogP contribution in [0, 0.1) is 6.92 Å². The number of carbonyl (C=O) groups excluding carboxylic acids is 1. The van der Waals surface area contributed by atoms with Crippen molar-refractivity contribution in [3.8, 4) is 5.75 Å². The van der Waals surface area contributed by atoms with Gasteiger partial charge in [-0.3, -0.25) is 0 Å². The molecule has 0 aliphatic carbocycles. The van der Waals surface area contributed by atoms with Crippen LogP contribution in [-0.2, 0) is 9.53 Å². The van der Waals surface area contributed by atoms with Gasteiger partial charge in [0.05, 0.1) is 17.2 Å². The Kier molecular flexibility index (Phi) is 4.35. The van der Waals surface area contributed by atoms with Crippen LogP contribution in [0.5, 0.6) is 5.75 Å². The molecule has 0 radical (unpaired) electrons. The van der Waals surface area contributed by atoms with Crippen LogP contribution in [0.15, 0.2) is 58.6 Å². The van der Waals surface area contributed by atoms with Gasteiger partial charge in [0.15, 0.2) is 0 Å². The van der Waals surface area contributed by atoms with Gasteiger partial charge in [-0.15, -0.1) is 0 Å². The van der Waals surface area contributed by atoms with Crippen molar-refractivity contribution in [2.75, 3.05) is 7.11 Å². The average molecular weight is 371 g/mol. The van der Waals surface area contributed by atoms with Crippen LogP contribution in [0.1, 0.15) is 16.7 Å². The molecule has 1 aliphatic rings. The fourth-order valence-corrected chi connectivity index (χ4v) is 2.86. The first kappa shape index (κ1) is 15.6. The van der Waals surface area contributed by atoms with E-state index in [0.717, 1.165) is 26.9 Å². The predicted molar refractivity (Wildman–Crippen MR) is 93.9 cm³/mol. The van der Waals surface area contributed by atoms with Gasteiger partial charge in [-0.1, -0.05) is 35.9 Å². The number of methoxy groups -OCH3 is 1. The van der Waals surface area contributed by atoms with E-state index in [0.29, 0.717) is 11.3 Å². The molecule has 4 heteroatoms. The number of cyclic esters (lactones) is 1. The molecular weight excluding hydrogens is 356 g/mol. The third-order valence-corrected chi connectivity index (χ3v) is 4.18. The SMILES string of the molecule is COc1ccc(/C=C2\C=C(c3ccc(C)cc3)OC2=O)cc1Br. The summed E-state index contributed by atoms with van der Waals surface area (Å²) in [4.78, 5) is 12.1. The van der Waals surface area contributed by atoms with E-state index in [-0.39, 0.29) is 5.97 Å². The summed E-state index contributed by atoms with van der Waals surface area (Å²) in [7, 11) is 1.61. The molecule has 0 amide bonds. The summed E-state index contributed by atoms with van der Waals surface area (Å²) in [5.74, 6) is 0.985. The highest BCUT2D eigenvalue weighted by molar-refractivity contribution is 9.10. The average Bonchev–Trinajstić information content (AvgIpc) is 2.89. The van der Waals surface area contributed by atoms with Crippen LogP contribution in [0.25, 0.3) is 11.8 Å². The van der Waals surface area contributed by atoms with Crippen molar-refractivity contribution in [3.05, 3.63) is 75.3 Å². The molecule has 0 saturated carbocycles. The Hall–Kier alpha value is -2.33. The first-order valence-corrected chi connectivity index (χ1v) is 7.92. The molecule has 0 bridgehead atoms. The summed E-state index contributed by atoms with van der Waals surface area (Å²) in [5, 5.41) is 0. The van der Waals surface area contributed by atoms with Gasteiger partial charge in [0, 0.05) is 5.56 Å². The number of rotatable bonds is 3.